The number of aryl methyl sites for hydroxylation is 2. The average Bonchev–Trinajstić information content (AvgIpc) is 3.25. The molecule has 0 bridgehead atoms. The lowest BCUT2D eigenvalue weighted by atomic mass is 10.0. The molecule has 1 aliphatic heterocycles. The zero-order valence-corrected chi connectivity index (χ0v) is 23.7. The van der Waals surface area contributed by atoms with Crippen LogP contribution in [0.5, 0.6) is 5.75 Å². The number of ether oxygens (including phenoxy) is 1. The van der Waals surface area contributed by atoms with Crippen molar-refractivity contribution in [3.8, 4) is 5.75 Å². The molecule has 0 aliphatic carbocycles. The number of aliphatic hydroxyl groups excluding tert-OH is 1. The molecule has 3 atom stereocenters. The molecule has 1 unspecified atom stereocenters. The van der Waals surface area contributed by atoms with Crippen LogP contribution >= 0.6 is 0 Å². The quantitative estimate of drug-likeness (QED) is 0.387. The van der Waals surface area contributed by atoms with E-state index in [4.69, 9.17) is 9.26 Å². The van der Waals surface area contributed by atoms with Gasteiger partial charge in [0.25, 0.3) is 0 Å². The van der Waals surface area contributed by atoms with Gasteiger partial charge < -0.3 is 29.9 Å². The van der Waals surface area contributed by atoms with Crippen molar-refractivity contribution in [2.45, 2.75) is 52.8 Å². The van der Waals surface area contributed by atoms with E-state index in [1.807, 2.05) is 26.1 Å². The molecule has 11 heteroatoms. The first-order valence-corrected chi connectivity index (χ1v) is 13.4. The summed E-state index contributed by atoms with van der Waals surface area (Å²) in [5, 5.41) is 19.3. The monoisotopic (exact) mass is 550 g/mol. The third kappa shape index (κ3) is 7.16. The van der Waals surface area contributed by atoms with Crippen molar-refractivity contribution in [3.05, 3.63) is 65.3 Å². The molecule has 1 aromatic carbocycles. The summed E-state index contributed by atoms with van der Waals surface area (Å²) in [6.07, 6.45) is 3.40. The second-order valence-corrected chi connectivity index (χ2v) is 10.5. The number of rotatable bonds is 8. The molecule has 3 N–H and O–H groups in total. The number of carbonyl (C=O) groups is 2. The summed E-state index contributed by atoms with van der Waals surface area (Å²) < 4.78 is 11.7. The third-order valence-corrected chi connectivity index (χ3v) is 7.14. The predicted molar refractivity (Wildman–Crippen MR) is 151 cm³/mol. The molecule has 2 aromatic heterocycles. The maximum Gasteiger partial charge on any atom is 0.323 e. The molecule has 11 nitrogen and oxygen atoms in total. The predicted octanol–water partition coefficient (Wildman–Crippen LogP) is 3.61. The van der Waals surface area contributed by atoms with Crippen LogP contribution in [0.4, 0.5) is 16.2 Å². The molecule has 3 amide bonds. The fourth-order valence-corrected chi connectivity index (χ4v) is 4.83. The summed E-state index contributed by atoms with van der Waals surface area (Å²) >= 11 is 0. The smallest absolute Gasteiger partial charge is 0.323 e. The first-order chi connectivity index (χ1) is 19.1. The Balaban J connectivity index is 1.57. The van der Waals surface area contributed by atoms with Gasteiger partial charge in [0.05, 0.1) is 19.1 Å². The van der Waals surface area contributed by atoms with Gasteiger partial charge in [-0.25, -0.2) is 4.79 Å². The third-order valence-electron chi connectivity index (χ3n) is 7.14. The van der Waals surface area contributed by atoms with Crippen molar-refractivity contribution in [2.75, 3.05) is 37.4 Å². The Morgan fingerprint density at radius 1 is 1.23 bits per heavy atom. The van der Waals surface area contributed by atoms with Crippen LogP contribution in [0.25, 0.3) is 0 Å². The Morgan fingerprint density at radius 3 is 2.65 bits per heavy atom. The zero-order chi connectivity index (χ0) is 28.8. The SMILES string of the molecule is Cc1noc(C)c1NC(=O)Nc1ccc2c(c1)CC(=O)N(C(C)CO)C[C@@H](C)[C@H](CN(C)Cc1ccncc1)O2. The van der Waals surface area contributed by atoms with Crippen molar-refractivity contribution in [1.82, 2.24) is 19.9 Å². The highest BCUT2D eigenvalue weighted by molar-refractivity contribution is 6.00. The maximum absolute atomic E-state index is 13.4. The van der Waals surface area contributed by atoms with Crippen LogP contribution in [0.3, 0.4) is 0 Å². The van der Waals surface area contributed by atoms with Gasteiger partial charge >= 0.3 is 6.03 Å². The fraction of sp³-hybridized carbons (Fsp3) is 0.448. The van der Waals surface area contributed by atoms with Crippen molar-refractivity contribution in [2.24, 2.45) is 5.92 Å². The number of nitrogens with zero attached hydrogens (tertiary/aromatic N) is 4. The second-order valence-electron chi connectivity index (χ2n) is 10.5. The molecule has 4 rings (SSSR count). The van der Waals surface area contributed by atoms with Gasteiger partial charge in [-0.05, 0) is 63.7 Å². The number of pyridine rings is 1. The van der Waals surface area contributed by atoms with Crippen LogP contribution in [-0.4, -0.2) is 75.9 Å². The van der Waals surface area contributed by atoms with Crippen molar-refractivity contribution in [3.63, 3.8) is 0 Å². The lowest BCUT2D eigenvalue weighted by Gasteiger charge is -2.34. The summed E-state index contributed by atoms with van der Waals surface area (Å²) in [6.45, 7) is 9.03. The van der Waals surface area contributed by atoms with Crippen LogP contribution in [-0.2, 0) is 17.8 Å². The number of hydrogen-bond donors (Lipinski definition) is 3. The minimum absolute atomic E-state index is 0.0116. The Kier molecular flexibility index (Phi) is 9.38. The molecule has 40 heavy (non-hydrogen) atoms. The molecule has 3 aromatic rings. The van der Waals surface area contributed by atoms with E-state index in [0.717, 1.165) is 12.1 Å². The molecule has 3 heterocycles. The van der Waals surface area contributed by atoms with Crippen molar-refractivity contribution < 1.29 is 24.0 Å². The van der Waals surface area contributed by atoms with E-state index in [1.54, 1.807) is 49.3 Å². The lowest BCUT2D eigenvalue weighted by Crippen LogP contribution is -2.47. The number of benzene rings is 1. The number of carbonyl (C=O) groups excluding carboxylic acids is 2. The molecule has 0 radical (unpaired) electrons. The number of anilines is 2. The van der Waals surface area contributed by atoms with Gasteiger partial charge in [0.15, 0.2) is 5.76 Å². The minimum Gasteiger partial charge on any atom is -0.488 e. The molecular weight excluding hydrogens is 512 g/mol. The van der Waals surface area contributed by atoms with Gasteiger partial charge in [0, 0.05) is 49.2 Å². The number of amides is 3. The molecule has 0 saturated carbocycles. The summed E-state index contributed by atoms with van der Waals surface area (Å²) in [6, 6.07) is 8.48. The Morgan fingerprint density at radius 2 is 1.98 bits per heavy atom. The number of aliphatic hydroxyl groups is 1. The number of hydrogen-bond acceptors (Lipinski definition) is 8. The first-order valence-electron chi connectivity index (χ1n) is 13.4. The molecular formula is C29H38N6O5. The summed E-state index contributed by atoms with van der Waals surface area (Å²) in [5.74, 6) is 0.981. The van der Waals surface area contributed by atoms with E-state index in [9.17, 15) is 14.7 Å². The van der Waals surface area contributed by atoms with E-state index in [2.05, 4.69) is 32.6 Å². The van der Waals surface area contributed by atoms with Gasteiger partial charge in [-0.1, -0.05) is 12.1 Å². The standard InChI is InChI=1S/C29H38N6O5/c1-18-14-35(19(2)17-36)27(37)13-23-12-24(31-29(38)32-28-20(3)33-40-21(28)4)6-7-25(23)39-26(18)16-34(5)15-22-8-10-30-11-9-22/h6-12,18-19,26,36H,13-17H2,1-5H3,(H2,31,32,38)/t18-,19?,26+/m1/s1. The number of aromatic nitrogens is 2. The van der Waals surface area contributed by atoms with Gasteiger partial charge in [-0.3, -0.25) is 14.7 Å². The van der Waals surface area contributed by atoms with Gasteiger partial charge in [0.2, 0.25) is 5.91 Å². The molecule has 0 fully saturated rings. The van der Waals surface area contributed by atoms with E-state index < -0.39 is 6.03 Å². The number of urea groups is 1. The molecule has 0 saturated heterocycles. The van der Waals surface area contributed by atoms with Gasteiger partial charge in [0.1, 0.15) is 23.2 Å². The minimum atomic E-state index is -0.454. The van der Waals surface area contributed by atoms with Crippen LogP contribution < -0.4 is 15.4 Å². The number of fused-ring (bicyclic) bond motifs is 1. The Bertz CT molecular complexity index is 1290. The van der Waals surface area contributed by atoms with Crippen LogP contribution in [0.1, 0.15) is 36.4 Å². The first kappa shape index (κ1) is 29.0. The highest BCUT2D eigenvalue weighted by Crippen LogP contribution is 2.29. The fourth-order valence-electron chi connectivity index (χ4n) is 4.83. The van der Waals surface area contributed by atoms with Gasteiger partial charge in [-0.2, -0.15) is 0 Å². The average molecular weight is 551 g/mol. The maximum atomic E-state index is 13.4. The number of likely N-dealkylation sites (N-methyl/N-ethyl adjacent to an activating group) is 1. The highest BCUT2D eigenvalue weighted by atomic mass is 16.5. The Hall–Kier alpha value is -3.96. The van der Waals surface area contributed by atoms with Crippen molar-refractivity contribution in [1.29, 1.82) is 0 Å². The summed E-state index contributed by atoms with van der Waals surface area (Å²) in [7, 11) is 2.04. The van der Waals surface area contributed by atoms with E-state index in [-0.39, 0.29) is 37.0 Å². The normalized spacial score (nSPS) is 18.3. The summed E-state index contributed by atoms with van der Waals surface area (Å²) in [5.41, 5.74) is 3.41. The zero-order valence-electron chi connectivity index (χ0n) is 23.7. The second kappa shape index (κ2) is 12.9. The van der Waals surface area contributed by atoms with Crippen LogP contribution in [0.2, 0.25) is 0 Å². The largest absolute Gasteiger partial charge is 0.488 e. The molecule has 0 spiro atoms. The van der Waals surface area contributed by atoms with E-state index >= 15 is 0 Å². The number of nitrogens with one attached hydrogen (secondary N) is 2. The lowest BCUT2D eigenvalue weighted by molar-refractivity contribution is -0.134. The molecule has 214 valence electrons. The van der Waals surface area contributed by atoms with E-state index in [1.165, 1.54) is 0 Å². The molecule has 1 aliphatic rings. The highest BCUT2D eigenvalue weighted by Gasteiger charge is 2.31. The van der Waals surface area contributed by atoms with E-state index in [0.29, 0.717) is 47.2 Å². The Labute approximate surface area is 234 Å². The topological polar surface area (TPSA) is 133 Å². The van der Waals surface area contributed by atoms with Crippen LogP contribution in [0.15, 0.2) is 47.2 Å². The van der Waals surface area contributed by atoms with Gasteiger partial charge in [-0.15, -0.1) is 0 Å². The van der Waals surface area contributed by atoms with Crippen LogP contribution in [0, 0.1) is 19.8 Å². The van der Waals surface area contributed by atoms with Crippen molar-refractivity contribution >= 4 is 23.3 Å². The summed E-state index contributed by atoms with van der Waals surface area (Å²) in [4.78, 5) is 34.2.